The van der Waals surface area contributed by atoms with Gasteiger partial charge in [-0.1, -0.05) is 23.4 Å². The van der Waals surface area contributed by atoms with E-state index in [0.717, 1.165) is 4.68 Å². The lowest BCUT2D eigenvalue weighted by Gasteiger charge is -2.13. The number of carbonyl (C=O) groups excluding carboxylic acids is 2. The van der Waals surface area contributed by atoms with E-state index in [-0.39, 0.29) is 17.1 Å². The topological polar surface area (TPSA) is 116 Å². The van der Waals surface area contributed by atoms with Crippen LogP contribution < -0.4 is 10.9 Å². The van der Waals surface area contributed by atoms with Gasteiger partial charge in [0.25, 0.3) is 11.5 Å². The molecular formula is C17H16N4O5. The first-order valence-electron chi connectivity index (χ1n) is 7.78. The zero-order valence-electron chi connectivity index (χ0n) is 14.3. The van der Waals surface area contributed by atoms with Crippen LogP contribution in [0.15, 0.2) is 39.6 Å². The van der Waals surface area contributed by atoms with Crippen LogP contribution in [0.4, 0.5) is 5.82 Å². The molecule has 0 spiro atoms. The van der Waals surface area contributed by atoms with E-state index in [1.165, 1.54) is 20.0 Å². The zero-order valence-corrected chi connectivity index (χ0v) is 14.3. The minimum atomic E-state index is -1.10. The Morgan fingerprint density at radius 2 is 1.96 bits per heavy atom. The zero-order chi connectivity index (χ0) is 18.8. The number of hydrogen-bond acceptors (Lipinski definition) is 7. The number of aryl methyl sites for hydroxylation is 2. The number of esters is 1. The van der Waals surface area contributed by atoms with Gasteiger partial charge in [-0.15, -0.1) is 0 Å². The largest absolute Gasteiger partial charge is 0.448 e. The Morgan fingerprint density at radius 1 is 1.27 bits per heavy atom. The SMILES string of the molecule is Cc1cc(NC(=O)[C@H](C)OC(=O)c2nn(C)c(=O)c3ccccc23)no1. The Morgan fingerprint density at radius 3 is 2.62 bits per heavy atom. The van der Waals surface area contributed by atoms with Gasteiger partial charge in [0.2, 0.25) is 0 Å². The number of nitrogens with one attached hydrogen (secondary N) is 1. The summed E-state index contributed by atoms with van der Waals surface area (Å²) in [6.07, 6.45) is -1.10. The fourth-order valence-electron chi connectivity index (χ4n) is 2.37. The summed E-state index contributed by atoms with van der Waals surface area (Å²) < 4.78 is 11.1. The highest BCUT2D eigenvalue weighted by Gasteiger charge is 2.23. The van der Waals surface area contributed by atoms with Crippen molar-refractivity contribution in [2.45, 2.75) is 20.0 Å². The Balaban J connectivity index is 1.81. The van der Waals surface area contributed by atoms with Gasteiger partial charge in [0.05, 0.1) is 5.39 Å². The molecule has 0 saturated heterocycles. The van der Waals surface area contributed by atoms with Gasteiger partial charge in [-0.2, -0.15) is 5.10 Å². The Labute approximate surface area is 147 Å². The highest BCUT2D eigenvalue weighted by Crippen LogP contribution is 2.15. The smallest absolute Gasteiger partial charge is 0.360 e. The predicted molar refractivity (Wildman–Crippen MR) is 91.7 cm³/mol. The molecule has 9 nitrogen and oxygen atoms in total. The lowest BCUT2D eigenvalue weighted by atomic mass is 10.1. The molecule has 2 heterocycles. The molecule has 134 valence electrons. The first-order chi connectivity index (χ1) is 12.4. The highest BCUT2D eigenvalue weighted by molar-refractivity contribution is 6.03. The lowest BCUT2D eigenvalue weighted by Crippen LogP contribution is -2.31. The standard InChI is InChI=1S/C17H16N4O5/c1-9-8-13(20-26-9)18-15(22)10(2)25-17(24)14-11-6-4-5-7-12(11)16(23)21(3)19-14/h4-8,10H,1-3H3,(H,18,20,22)/t10-/m0/s1. The van der Waals surface area contributed by atoms with E-state index < -0.39 is 18.0 Å². The van der Waals surface area contributed by atoms with Crippen molar-refractivity contribution in [3.8, 4) is 0 Å². The van der Waals surface area contributed by atoms with Crippen LogP contribution in [0.25, 0.3) is 10.8 Å². The second-order valence-electron chi connectivity index (χ2n) is 5.68. The van der Waals surface area contributed by atoms with Gasteiger partial charge in [0.1, 0.15) is 5.76 Å². The van der Waals surface area contributed by atoms with Crippen LogP contribution >= 0.6 is 0 Å². The summed E-state index contributed by atoms with van der Waals surface area (Å²) in [6.45, 7) is 3.10. The van der Waals surface area contributed by atoms with Gasteiger partial charge in [0, 0.05) is 18.5 Å². The number of fused-ring (bicyclic) bond motifs is 1. The minimum absolute atomic E-state index is 0.0420. The number of amides is 1. The molecule has 0 aliphatic heterocycles. The molecule has 0 aliphatic carbocycles. The summed E-state index contributed by atoms with van der Waals surface area (Å²) in [7, 11) is 1.44. The first kappa shape index (κ1) is 17.3. The summed E-state index contributed by atoms with van der Waals surface area (Å²) in [6, 6.07) is 8.11. The number of nitrogens with zero attached hydrogens (tertiary/aromatic N) is 3. The molecule has 2 aromatic heterocycles. The molecule has 3 aromatic rings. The second kappa shape index (κ2) is 6.79. The van der Waals surface area contributed by atoms with Crippen molar-refractivity contribution in [2.24, 2.45) is 7.05 Å². The molecule has 1 amide bonds. The fraction of sp³-hybridized carbons (Fsp3) is 0.235. The molecule has 1 N–H and O–H groups in total. The maximum atomic E-state index is 12.5. The molecule has 0 unspecified atom stereocenters. The Hall–Kier alpha value is -3.49. The molecule has 9 heteroatoms. The van der Waals surface area contributed by atoms with E-state index in [1.54, 1.807) is 31.2 Å². The Kier molecular flexibility index (Phi) is 4.53. The second-order valence-corrected chi connectivity index (χ2v) is 5.68. The lowest BCUT2D eigenvalue weighted by molar-refractivity contribution is -0.123. The van der Waals surface area contributed by atoms with Crippen LogP contribution in [0.1, 0.15) is 23.2 Å². The third-order valence-electron chi connectivity index (χ3n) is 3.68. The molecular weight excluding hydrogens is 340 g/mol. The van der Waals surface area contributed by atoms with Crippen molar-refractivity contribution in [2.75, 3.05) is 5.32 Å². The number of benzene rings is 1. The molecule has 1 aromatic carbocycles. The molecule has 0 saturated carbocycles. The quantitative estimate of drug-likeness (QED) is 0.703. The number of anilines is 1. The maximum Gasteiger partial charge on any atom is 0.360 e. The van der Waals surface area contributed by atoms with Crippen LogP contribution in [0.2, 0.25) is 0 Å². The van der Waals surface area contributed by atoms with Crippen LogP contribution in [0.5, 0.6) is 0 Å². The first-order valence-corrected chi connectivity index (χ1v) is 7.78. The van der Waals surface area contributed by atoms with Crippen molar-refractivity contribution in [1.29, 1.82) is 0 Å². The van der Waals surface area contributed by atoms with Gasteiger partial charge in [-0.05, 0) is 19.9 Å². The monoisotopic (exact) mass is 356 g/mol. The van der Waals surface area contributed by atoms with Crippen molar-refractivity contribution in [3.05, 3.63) is 52.1 Å². The number of hydrogen-bond donors (Lipinski definition) is 1. The highest BCUT2D eigenvalue weighted by atomic mass is 16.5. The minimum Gasteiger partial charge on any atom is -0.448 e. The average molecular weight is 356 g/mol. The number of ether oxygens (including phenoxy) is 1. The van der Waals surface area contributed by atoms with E-state index >= 15 is 0 Å². The summed E-state index contributed by atoms with van der Waals surface area (Å²) >= 11 is 0. The van der Waals surface area contributed by atoms with Gasteiger partial charge < -0.3 is 14.6 Å². The van der Waals surface area contributed by atoms with E-state index in [0.29, 0.717) is 16.5 Å². The van der Waals surface area contributed by atoms with Crippen LogP contribution in [0.3, 0.4) is 0 Å². The Bertz CT molecular complexity index is 1050. The van der Waals surface area contributed by atoms with Crippen LogP contribution in [-0.2, 0) is 16.6 Å². The van der Waals surface area contributed by atoms with Gasteiger partial charge in [0.15, 0.2) is 17.6 Å². The van der Waals surface area contributed by atoms with E-state index in [1.807, 2.05) is 0 Å². The number of carbonyl (C=O) groups is 2. The summed E-state index contributed by atoms with van der Waals surface area (Å²) in [5, 5.41) is 10.8. The van der Waals surface area contributed by atoms with Crippen molar-refractivity contribution in [1.82, 2.24) is 14.9 Å². The molecule has 0 bridgehead atoms. The molecule has 26 heavy (non-hydrogen) atoms. The molecule has 0 aliphatic rings. The van der Waals surface area contributed by atoms with Gasteiger partial charge >= 0.3 is 5.97 Å². The molecule has 0 fully saturated rings. The third-order valence-corrected chi connectivity index (χ3v) is 3.68. The summed E-state index contributed by atoms with van der Waals surface area (Å²) in [4.78, 5) is 36.7. The fourth-order valence-corrected chi connectivity index (χ4v) is 2.37. The van der Waals surface area contributed by atoms with Crippen LogP contribution in [0, 0.1) is 6.92 Å². The average Bonchev–Trinajstić information content (AvgIpc) is 3.02. The normalized spacial score (nSPS) is 12.0. The van der Waals surface area contributed by atoms with Crippen molar-refractivity contribution in [3.63, 3.8) is 0 Å². The van der Waals surface area contributed by atoms with Crippen LogP contribution in [-0.4, -0.2) is 32.9 Å². The van der Waals surface area contributed by atoms with Crippen molar-refractivity contribution >= 4 is 28.5 Å². The predicted octanol–water partition coefficient (Wildman–Crippen LogP) is 1.41. The summed E-state index contributed by atoms with van der Waals surface area (Å²) in [5.41, 5.74) is -0.371. The molecule has 3 rings (SSSR count). The summed E-state index contributed by atoms with van der Waals surface area (Å²) in [5.74, 6) is -0.622. The van der Waals surface area contributed by atoms with Crippen molar-refractivity contribution < 1.29 is 18.8 Å². The molecule has 0 radical (unpaired) electrons. The van der Waals surface area contributed by atoms with E-state index in [2.05, 4.69) is 15.6 Å². The molecule has 1 atom stereocenters. The van der Waals surface area contributed by atoms with Gasteiger partial charge in [-0.25, -0.2) is 9.48 Å². The third kappa shape index (κ3) is 3.32. The van der Waals surface area contributed by atoms with E-state index in [9.17, 15) is 14.4 Å². The number of aromatic nitrogens is 3. The van der Waals surface area contributed by atoms with Gasteiger partial charge in [-0.3, -0.25) is 9.59 Å². The van der Waals surface area contributed by atoms with E-state index in [4.69, 9.17) is 9.26 Å². The number of rotatable bonds is 4. The maximum absolute atomic E-state index is 12.5.